The second-order valence-electron chi connectivity index (χ2n) is 6.26. The Morgan fingerprint density at radius 1 is 1.22 bits per heavy atom. The molecule has 132 valence electrons. The number of nitrogens with zero attached hydrogens (tertiary/aromatic N) is 1. The number of likely N-dealkylation sites (tertiary alicyclic amines) is 1. The van der Waals surface area contributed by atoms with Crippen molar-refractivity contribution < 1.29 is 33.3 Å². The smallest absolute Gasteiger partial charge is 0.411 e. The molecule has 0 unspecified atom stereocenters. The van der Waals surface area contributed by atoms with Gasteiger partial charge in [0.1, 0.15) is 5.60 Å². The second kappa shape index (κ2) is 7.27. The van der Waals surface area contributed by atoms with E-state index in [9.17, 15) is 14.4 Å². The number of esters is 1. The summed E-state index contributed by atoms with van der Waals surface area (Å²) in [6.07, 6.45) is -1.72. The summed E-state index contributed by atoms with van der Waals surface area (Å²) < 4.78 is 20.3. The highest BCUT2D eigenvalue weighted by Gasteiger charge is 2.59. The van der Waals surface area contributed by atoms with E-state index in [-0.39, 0.29) is 19.4 Å². The van der Waals surface area contributed by atoms with Gasteiger partial charge in [-0.25, -0.2) is 9.59 Å². The first-order chi connectivity index (χ1) is 10.6. The SMILES string of the molecule is COC(=O)[C@]1(CC(OC)OC)C(=O)CCN1C(=O)OC(C)(C)C. The summed E-state index contributed by atoms with van der Waals surface area (Å²) in [7, 11) is 3.93. The Bertz CT molecular complexity index is 467. The summed E-state index contributed by atoms with van der Waals surface area (Å²) in [4.78, 5) is 38.4. The minimum atomic E-state index is -1.80. The number of ketones is 1. The van der Waals surface area contributed by atoms with Crippen LogP contribution in [0, 0.1) is 0 Å². The molecular formula is C15H25NO7. The Morgan fingerprint density at radius 2 is 1.78 bits per heavy atom. The van der Waals surface area contributed by atoms with E-state index in [1.807, 2.05) is 0 Å². The van der Waals surface area contributed by atoms with Gasteiger partial charge in [-0.3, -0.25) is 9.69 Å². The summed E-state index contributed by atoms with van der Waals surface area (Å²) in [6, 6.07) is 0. The van der Waals surface area contributed by atoms with E-state index in [0.717, 1.165) is 12.0 Å². The number of Topliss-reactive ketones (excluding diaryl/α,β-unsaturated/α-hetero) is 1. The van der Waals surface area contributed by atoms with Gasteiger partial charge in [-0.15, -0.1) is 0 Å². The van der Waals surface area contributed by atoms with Crippen molar-refractivity contribution in [2.75, 3.05) is 27.9 Å². The molecule has 23 heavy (non-hydrogen) atoms. The minimum absolute atomic E-state index is 0.0362. The van der Waals surface area contributed by atoms with E-state index in [1.54, 1.807) is 20.8 Å². The zero-order chi connectivity index (χ0) is 17.8. The van der Waals surface area contributed by atoms with Crippen molar-refractivity contribution in [2.45, 2.75) is 51.0 Å². The third kappa shape index (κ3) is 4.00. The van der Waals surface area contributed by atoms with Gasteiger partial charge in [-0.2, -0.15) is 0 Å². The molecule has 0 aromatic carbocycles. The van der Waals surface area contributed by atoms with E-state index in [1.165, 1.54) is 14.2 Å². The lowest BCUT2D eigenvalue weighted by Gasteiger charge is -2.36. The van der Waals surface area contributed by atoms with Crippen LogP contribution in [0.2, 0.25) is 0 Å². The van der Waals surface area contributed by atoms with E-state index >= 15 is 0 Å². The summed E-state index contributed by atoms with van der Waals surface area (Å²) >= 11 is 0. The predicted octanol–water partition coefficient (Wildman–Crippen LogP) is 1.12. The Balaban J connectivity index is 3.23. The van der Waals surface area contributed by atoms with Crippen LogP contribution in [0.3, 0.4) is 0 Å². The minimum Gasteiger partial charge on any atom is -0.467 e. The molecule has 0 N–H and O–H groups in total. The van der Waals surface area contributed by atoms with Crippen LogP contribution >= 0.6 is 0 Å². The molecule has 0 aromatic rings. The standard InChI is InChI=1S/C15H25NO7/c1-14(2,3)23-13(19)16-8-7-10(17)15(16,12(18)22-6)9-11(20-4)21-5/h11H,7-9H2,1-6H3/t15-/m0/s1. The Morgan fingerprint density at radius 3 is 2.22 bits per heavy atom. The third-order valence-corrected chi connectivity index (χ3v) is 3.61. The molecule has 0 saturated carbocycles. The van der Waals surface area contributed by atoms with Gasteiger partial charge in [0.05, 0.1) is 7.11 Å². The molecule has 1 fully saturated rings. The Hall–Kier alpha value is -1.67. The predicted molar refractivity (Wildman–Crippen MR) is 79.7 cm³/mol. The molecule has 8 nitrogen and oxygen atoms in total. The first-order valence-electron chi connectivity index (χ1n) is 7.30. The first-order valence-corrected chi connectivity index (χ1v) is 7.30. The van der Waals surface area contributed by atoms with Gasteiger partial charge in [0, 0.05) is 33.6 Å². The maximum absolute atomic E-state index is 12.5. The molecule has 0 radical (unpaired) electrons. The molecule has 1 aliphatic heterocycles. The summed E-state index contributed by atoms with van der Waals surface area (Å²) in [5, 5.41) is 0. The van der Waals surface area contributed by atoms with E-state index < -0.39 is 35.3 Å². The maximum atomic E-state index is 12.5. The van der Waals surface area contributed by atoms with Crippen LogP contribution in [0.15, 0.2) is 0 Å². The van der Waals surface area contributed by atoms with Crippen molar-refractivity contribution in [3.63, 3.8) is 0 Å². The molecule has 0 aliphatic carbocycles. The number of carbonyl (C=O) groups excluding carboxylic acids is 3. The maximum Gasteiger partial charge on any atom is 0.411 e. The lowest BCUT2D eigenvalue weighted by atomic mass is 9.90. The zero-order valence-corrected chi connectivity index (χ0v) is 14.5. The van der Waals surface area contributed by atoms with Crippen molar-refractivity contribution in [3.8, 4) is 0 Å². The largest absolute Gasteiger partial charge is 0.467 e. The average Bonchev–Trinajstić information content (AvgIpc) is 2.80. The number of ether oxygens (including phenoxy) is 4. The lowest BCUT2D eigenvalue weighted by molar-refractivity contribution is -0.169. The molecule has 1 saturated heterocycles. The zero-order valence-electron chi connectivity index (χ0n) is 14.5. The molecule has 1 rings (SSSR count). The van der Waals surface area contributed by atoms with Gasteiger partial charge in [0.25, 0.3) is 0 Å². The van der Waals surface area contributed by atoms with Crippen LogP contribution in [0.4, 0.5) is 4.79 Å². The number of hydrogen-bond donors (Lipinski definition) is 0. The van der Waals surface area contributed by atoms with Crippen molar-refractivity contribution in [1.29, 1.82) is 0 Å². The quantitative estimate of drug-likeness (QED) is 0.423. The monoisotopic (exact) mass is 331 g/mol. The van der Waals surface area contributed by atoms with Gasteiger partial charge in [0.15, 0.2) is 12.1 Å². The molecule has 1 heterocycles. The highest BCUT2D eigenvalue weighted by atomic mass is 16.7. The molecule has 0 bridgehead atoms. The number of rotatable bonds is 5. The van der Waals surface area contributed by atoms with Gasteiger partial charge >= 0.3 is 12.1 Å². The molecule has 1 aliphatic rings. The summed E-state index contributed by atoms with van der Waals surface area (Å²) in [5.74, 6) is -1.25. The first kappa shape index (κ1) is 19.4. The number of amides is 1. The van der Waals surface area contributed by atoms with E-state index in [2.05, 4.69) is 0 Å². The van der Waals surface area contributed by atoms with Crippen molar-refractivity contribution >= 4 is 17.8 Å². The fraction of sp³-hybridized carbons (Fsp3) is 0.800. The highest BCUT2D eigenvalue weighted by molar-refractivity contribution is 6.12. The van der Waals surface area contributed by atoms with Crippen molar-refractivity contribution in [1.82, 2.24) is 4.90 Å². The fourth-order valence-corrected chi connectivity index (χ4v) is 2.53. The van der Waals surface area contributed by atoms with Crippen LogP contribution in [0.1, 0.15) is 33.6 Å². The van der Waals surface area contributed by atoms with Gasteiger partial charge in [-0.05, 0) is 20.8 Å². The van der Waals surface area contributed by atoms with Crippen LogP contribution in [-0.4, -0.2) is 68.0 Å². The summed E-state index contributed by atoms with van der Waals surface area (Å²) in [5.41, 5.74) is -2.56. The summed E-state index contributed by atoms with van der Waals surface area (Å²) in [6.45, 7) is 5.18. The van der Waals surface area contributed by atoms with Crippen LogP contribution in [0.25, 0.3) is 0 Å². The number of carbonyl (C=O) groups is 3. The van der Waals surface area contributed by atoms with E-state index in [4.69, 9.17) is 18.9 Å². The number of methoxy groups -OCH3 is 3. The molecule has 8 heteroatoms. The van der Waals surface area contributed by atoms with Gasteiger partial charge in [0.2, 0.25) is 5.54 Å². The van der Waals surface area contributed by atoms with Crippen LogP contribution in [0.5, 0.6) is 0 Å². The molecule has 0 aromatic heterocycles. The molecular weight excluding hydrogens is 306 g/mol. The van der Waals surface area contributed by atoms with Gasteiger partial charge in [-0.1, -0.05) is 0 Å². The van der Waals surface area contributed by atoms with Crippen LogP contribution < -0.4 is 0 Å². The van der Waals surface area contributed by atoms with Crippen LogP contribution in [-0.2, 0) is 28.5 Å². The van der Waals surface area contributed by atoms with E-state index in [0.29, 0.717) is 0 Å². The molecule has 1 amide bonds. The fourth-order valence-electron chi connectivity index (χ4n) is 2.53. The second-order valence-corrected chi connectivity index (χ2v) is 6.26. The average molecular weight is 331 g/mol. The number of hydrogen-bond acceptors (Lipinski definition) is 7. The van der Waals surface area contributed by atoms with Crippen molar-refractivity contribution in [2.24, 2.45) is 0 Å². The Labute approximate surface area is 136 Å². The highest BCUT2D eigenvalue weighted by Crippen LogP contribution is 2.34. The topological polar surface area (TPSA) is 91.4 Å². The Kier molecular flexibility index (Phi) is 6.12. The molecule has 1 atom stereocenters. The third-order valence-electron chi connectivity index (χ3n) is 3.61. The van der Waals surface area contributed by atoms with Gasteiger partial charge < -0.3 is 18.9 Å². The normalized spacial score (nSPS) is 21.7. The molecule has 0 spiro atoms. The van der Waals surface area contributed by atoms with Crippen molar-refractivity contribution in [3.05, 3.63) is 0 Å². The lowest BCUT2D eigenvalue weighted by Crippen LogP contribution is -2.60.